The van der Waals surface area contributed by atoms with Gasteiger partial charge < -0.3 is 15.2 Å². The Balaban J connectivity index is 1.67. The van der Waals surface area contributed by atoms with Crippen molar-refractivity contribution < 1.29 is 14.6 Å². The minimum atomic E-state index is -0.590. The molecule has 1 amide bonds. The Kier molecular flexibility index (Phi) is 5.38. The zero-order chi connectivity index (χ0) is 20.1. The Morgan fingerprint density at radius 1 is 0.931 bits per heavy atom. The number of nitrogens with zero attached hydrogens (tertiary/aromatic N) is 1. The van der Waals surface area contributed by atoms with Crippen LogP contribution >= 0.6 is 0 Å². The van der Waals surface area contributed by atoms with Crippen LogP contribution in [0.3, 0.4) is 0 Å². The number of aromatic nitrogens is 1. The highest BCUT2D eigenvalue weighted by Crippen LogP contribution is 2.35. The van der Waals surface area contributed by atoms with Gasteiger partial charge in [0.15, 0.2) is 0 Å². The van der Waals surface area contributed by atoms with Crippen molar-refractivity contribution in [1.82, 2.24) is 10.3 Å². The second kappa shape index (κ2) is 8.44. The topological polar surface area (TPSA) is 71.5 Å². The van der Waals surface area contributed by atoms with E-state index in [0.717, 1.165) is 21.9 Å². The molecule has 1 heterocycles. The van der Waals surface area contributed by atoms with Crippen molar-refractivity contribution in [2.75, 3.05) is 0 Å². The van der Waals surface area contributed by atoms with Crippen LogP contribution in [0.2, 0.25) is 0 Å². The number of hydrogen-bond donors (Lipinski definition) is 2. The van der Waals surface area contributed by atoms with Gasteiger partial charge in [-0.3, -0.25) is 4.98 Å². The van der Waals surface area contributed by atoms with E-state index >= 15 is 0 Å². The summed E-state index contributed by atoms with van der Waals surface area (Å²) in [5, 5.41) is 15.4. The number of phenols is 1. The lowest BCUT2D eigenvalue weighted by Crippen LogP contribution is -2.30. The standard InChI is InChI=1S/C24H20N2O3/c27-21-11-10-18-8-4-5-9-20(18)22(21)23(19-12-14-25-15-13-19)26-24(28)29-16-17-6-2-1-3-7-17/h1-15,23,27H,16H2,(H,26,28). The third-order valence-corrected chi connectivity index (χ3v) is 4.75. The third kappa shape index (κ3) is 4.19. The Labute approximate surface area is 168 Å². The first-order valence-electron chi connectivity index (χ1n) is 9.30. The number of carbonyl (C=O) groups excluding carboxylic acids is 1. The molecular weight excluding hydrogens is 364 g/mol. The molecule has 0 saturated carbocycles. The summed E-state index contributed by atoms with van der Waals surface area (Å²) in [6, 6.07) is 23.7. The summed E-state index contributed by atoms with van der Waals surface area (Å²) in [6.07, 6.45) is 2.74. The summed E-state index contributed by atoms with van der Waals surface area (Å²) < 4.78 is 5.41. The Bertz CT molecular complexity index is 1110. The van der Waals surface area contributed by atoms with Gasteiger partial charge in [-0.1, -0.05) is 60.7 Å². The maximum absolute atomic E-state index is 12.6. The Hall–Kier alpha value is -3.86. The monoisotopic (exact) mass is 384 g/mol. The first-order valence-corrected chi connectivity index (χ1v) is 9.30. The molecule has 0 bridgehead atoms. The number of carbonyl (C=O) groups is 1. The largest absolute Gasteiger partial charge is 0.508 e. The molecule has 3 aromatic carbocycles. The van der Waals surface area contributed by atoms with Gasteiger partial charge in [-0.05, 0) is 40.1 Å². The van der Waals surface area contributed by atoms with Gasteiger partial charge in [0.1, 0.15) is 12.4 Å². The second-order valence-corrected chi connectivity index (χ2v) is 6.64. The number of pyridine rings is 1. The van der Waals surface area contributed by atoms with Gasteiger partial charge in [-0.25, -0.2) is 4.79 Å². The summed E-state index contributed by atoms with van der Waals surface area (Å²) in [5.41, 5.74) is 2.31. The maximum atomic E-state index is 12.6. The highest BCUT2D eigenvalue weighted by Gasteiger charge is 2.23. The number of nitrogens with one attached hydrogen (secondary N) is 1. The molecule has 0 aliphatic heterocycles. The zero-order valence-corrected chi connectivity index (χ0v) is 15.7. The number of alkyl carbamates (subject to hydrolysis) is 1. The molecule has 0 aliphatic carbocycles. The van der Waals surface area contributed by atoms with Crippen LogP contribution in [-0.4, -0.2) is 16.2 Å². The molecule has 0 fully saturated rings. The minimum absolute atomic E-state index is 0.105. The number of ether oxygens (including phenoxy) is 1. The average Bonchev–Trinajstić information content (AvgIpc) is 2.78. The maximum Gasteiger partial charge on any atom is 0.408 e. The highest BCUT2D eigenvalue weighted by atomic mass is 16.5. The molecular formula is C24H20N2O3. The lowest BCUT2D eigenvalue weighted by molar-refractivity contribution is 0.137. The number of amides is 1. The minimum Gasteiger partial charge on any atom is -0.508 e. The molecule has 1 aromatic heterocycles. The first kappa shape index (κ1) is 18.5. The molecule has 5 heteroatoms. The van der Waals surface area contributed by atoms with E-state index in [2.05, 4.69) is 10.3 Å². The molecule has 144 valence electrons. The molecule has 29 heavy (non-hydrogen) atoms. The van der Waals surface area contributed by atoms with E-state index in [-0.39, 0.29) is 12.4 Å². The number of benzene rings is 3. The molecule has 1 unspecified atom stereocenters. The predicted molar refractivity (Wildman–Crippen MR) is 111 cm³/mol. The Morgan fingerprint density at radius 3 is 2.45 bits per heavy atom. The fourth-order valence-corrected chi connectivity index (χ4v) is 3.35. The van der Waals surface area contributed by atoms with Gasteiger partial charge in [-0.2, -0.15) is 0 Å². The normalized spacial score (nSPS) is 11.7. The second-order valence-electron chi connectivity index (χ2n) is 6.64. The van der Waals surface area contributed by atoms with Crippen LogP contribution in [0.25, 0.3) is 10.8 Å². The van der Waals surface area contributed by atoms with Crippen LogP contribution in [0, 0.1) is 0 Å². The summed E-state index contributed by atoms with van der Waals surface area (Å²) in [7, 11) is 0. The Morgan fingerprint density at radius 2 is 1.66 bits per heavy atom. The van der Waals surface area contributed by atoms with Crippen molar-refractivity contribution in [3.63, 3.8) is 0 Å². The lowest BCUT2D eigenvalue weighted by Gasteiger charge is -2.22. The van der Waals surface area contributed by atoms with Crippen LogP contribution in [0.1, 0.15) is 22.7 Å². The van der Waals surface area contributed by atoms with Gasteiger partial charge in [0, 0.05) is 18.0 Å². The van der Waals surface area contributed by atoms with E-state index in [9.17, 15) is 9.90 Å². The first-order chi connectivity index (χ1) is 14.2. The van der Waals surface area contributed by atoms with Gasteiger partial charge in [-0.15, -0.1) is 0 Å². The van der Waals surface area contributed by atoms with E-state index in [0.29, 0.717) is 5.56 Å². The van der Waals surface area contributed by atoms with E-state index in [1.54, 1.807) is 18.5 Å². The molecule has 1 atom stereocenters. The molecule has 4 rings (SSSR count). The molecule has 5 nitrogen and oxygen atoms in total. The van der Waals surface area contributed by atoms with Gasteiger partial charge in [0.05, 0.1) is 6.04 Å². The van der Waals surface area contributed by atoms with Crippen LogP contribution < -0.4 is 5.32 Å². The van der Waals surface area contributed by atoms with Gasteiger partial charge >= 0.3 is 6.09 Å². The fourth-order valence-electron chi connectivity index (χ4n) is 3.35. The molecule has 0 aliphatic rings. The summed E-state index contributed by atoms with van der Waals surface area (Å²) in [4.78, 5) is 16.6. The average molecular weight is 384 g/mol. The lowest BCUT2D eigenvalue weighted by atomic mass is 9.93. The number of phenolic OH excluding ortho intramolecular Hbond substituents is 1. The van der Waals surface area contributed by atoms with Crippen LogP contribution in [0.15, 0.2) is 91.3 Å². The van der Waals surface area contributed by atoms with E-state index in [4.69, 9.17) is 4.74 Å². The van der Waals surface area contributed by atoms with Crippen molar-refractivity contribution in [2.24, 2.45) is 0 Å². The smallest absolute Gasteiger partial charge is 0.408 e. The highest BCUT2D eigenvalue weighted by molar-refractivity contribution is 5.89. The third-order valence-electron chi connectivity index (χ3n) is 4.75. The summed E-state index contributed by atoms with van der Waals surface area (Å²) in [5.74, 6) is 0.105. The number of hydrogen-bond acceptors (Lipinski definition) is 4. The SMILES string of the molecule is O=C(NC(c1ccncc1)c1c(O)ccc2ccccc12)OCc1ccccc1. The fraction of sp³-hybridized carbons (Fsp3) is 0.0833. The van der Waals surface area contributed by atoms with Crippen molar-refractivity contribution in [1.29, 1.82) is 0 Å². The molecule has 0 saturated heterocycles. The summed E-state index contributed by atoms with van der Waals surface area (Å²) in [6.45, 7) is 0.164. The number of aromatic hydroxyl groups is 1. The van der Waals surface area contributed by atoms with Crippen molar-refractivity contribution >= 4 is 16.9 Å². The summed E-state index contributed by atoms with van der Waals surface area (Å²) >= 11 is 0. The van der Waals surface area contributed by atoms with Crippen LogP contribution in [0.4, 0.5) is 4.79 Å². The van der Waals surface area contributed by atoms with Crippen LogP contribution in [-0.2, 0) is 11.3 Å². The van der Waals surface area contributed by atoms with Crippen molar-refractivity contribution in [2.45, 2.75) is 12.6 Å². The van der Waals surface area contributed by atoms with Gasteiger partial charge in [0.25, 0.3) is 0 Å². The molecule has 2 N–H and O–H groups in total. The molecule has 0 radical (unpaired) electrons. The molecule has 4 aromatic rings. The number of fused-ring (bicyclic) bond motifs is 1. The van der Waals surface area contributed by atoms with E-state index in [1.807, 2.05) is 72.8 Å². The van der Waals surface area contributed by atoms with Crippen molar-refractivity contribution in [3.8, 4) is 5.75 Å². The molecule has 0 spiro atoms. The van der Waals surface area contributed by atoms with E-state index in [1.165, 1.54) is 0 Å². The number of rotatable bonds is 5. The van der Waals surface area contributed by atoms with E-state index < -0.39 is 12.1 Å². The van der Waals surface area contributed by atoms with Gasteiger partial charge in [0.2, 0.25) is 0 Å². The zero-order valence-electron chi connectivity index (χ0n) is 15.7. The van der Waals surface area contributed by atoms with Crippen LogP contribution in [0.5, 0.6) is 5.75 Å². The predicted octanol–water partition coefficient (Wildman–Crippen LogP) is 4.96. The van der Waals surface area contributed by atoms with Crippen molar-refractivity contribution in [3.05, 3.63) is 108 Å². The quantitative estimate of drug-likeness (QED) is 0.510.